The molecule has 1 N–H and O–H groups in total. The summed E-state index contributed by atoms with van der Waals surface area (Å²) in [6.07, 6.45) is 0.992. The van der Waals surface area contributed by atoms with Crippen molar-refractivity contribution in [3.63, 3.8) is 0 Å². The van der Waals surface area contributed by atoms with E-state index >= 15 is 0 Å². The van der Waals surface area contributed by atoms with Gasteiger partial charge in [0.2, 0.25) is 0 Å². The van der Waals surface area contributed by atoms with Crippen LogP contribution in [0, 0.1) is 11.2 Å². The average molecular weight is 291 g/mol. The SMILES string of the molecule is COc1cc2c(N3CC(O)C(C)(C)C3)ncnc2cc1F. The molecule has 6 heteroatoms. The summed E-state index contributed by atoms with van der Waals surface area (Å²) in [4.78, 5) is 10.4. The number of halogens is 1. The van der Waals surface area contributed by atoms with Crippen molar-refractivity contribution in [2.75, 3.05) is 25.1 Å². The van der Waals surface area contributed by atoms with Gasteiger partial charge in [-0.25, -0.2) is 14.4 Å². The lowest BCUT2D eigenvalue weighted by Crippen LogP contribution is -2.26. The summed E-state index contributed by atoms with van der Waals surface area (Å²) in [6, 6.07) is 2.95. The Morgan fingerprint density at radius 1 is 1.38 bits per heavy atom. The topological polar surface area (TPSA) is 58.5 Å². The van der Waals surface area contributed by atoms with Crippen molar-refractivity contribution in [2.24, 2.45) is 5.41 Å². The number of hydrogen-bond acceptors (Lipinski definition) is 5. The first-order valence-electron chi connectivity index (χ1n) is 6.83. The minimum Gasteiger partial charge on any atom is -0.494 e. The van der Waals surface area contributed by atoms with E-state index in [1.54, 1.807) is 6.07 Å². The molecule has 1 aliphatic heterocycles. The van der Waals surface area contributed by atoms with Crippen molar-refractivity contribution in [1.82, 2.24) is 9.97 Å². The molecule has 21 heavy (non-hydrogen) atoms. The Morgan fingerprint density at radius 3 is 2.76 bits per heavy atom. The molecule has 1 aliphatic rings. The lowest BCUT2D eigenvalue weighted by molar-refractivity contribution is 0.0964. The highest BCUT2D eigenvalue weighted by atomic mass is 19.1. The van der Waals surface area contributed by atoms with E-state index < -0.39 is 11.9 Å². The van der Waals surface area contributed by atoms with Gasteiger partial charge >= 0.3 is 0 Å². The minimum atomic E-state index is -0.448. The number of hydrogen-bond donors (Lipinski definition) is 1. The summed E-state index contributed by atoms with van der Waals surface area (Å²) in [5, 5.41) is 10.9. The minimum absolute atomic E-state index is 0.164. The summed E-state index contributed by atoms with van der Waals surface area (Å²) in [5.74, 6) is 0.414. The van der Waals surface area contributed by atoms with Crippen molar-refractivity contribution < 1.29 is 14.2 Å². The molecule has 0 amide bonds. The maximum absolute atomic E-state index is 13.8. The quantitative estimate of drug-likeness (QED) is 0.917. The molecule has 2 heterocycles. The van der Waals surface area contributed by atoms with Crippen LogP contribution in [0.15, 0.2) is 18.5 Å². The summed E-state index contributed by atoms with van der Waals surface area (Å²) in [5.41, 5.74) is 0.319. The molecule has 5 nitrogen and oxygen atoms in total. The molecule has 1 atom stereocenters. The zero-order chi connectivity index (χ0) is 15.2. The first-order valence-corrected chi connectivity index (χ1v) is 6.83. The smallest absolute Gasteiger partial charge is 0.167 e. The van der Waals surface area contributed by atoms with Crippen LogP contribution in [0.4, 0.5) is 10.2 Å². The zero-order valence-electron chi connectivity index (χ0n) is 12.3. The highest BCUT2D eigenvalue weighted by Crippen LogP contribution is 2.36. The van der Waals surface area contributed by atoms with Crippen LogP contribution in [0.25, 0.3) is 10.9 Å². The predicted molar refractivity (Wildman–Crippen MR) is 78.0 cm³/mol. The fourth-order valence-electron chi connectivity index (χ4n) is 2.73. The van der Waals surface area contributed by atoms with Crippen molar-refractivity contribution in [3.8, 4) is 5.75 Å². The van der Waals surface area contributed by atoms with Gasteiger partial charge in [0.25, 0.3) is 0 Å². The molecule has 0 radical (unpaired) electrons. The summed E-state index contributed by atoms with van der Waals surface area (Å²) >= 11 is 0. The Balaban J connectivity index is 2.11. The third kappa shape index (κ3) is 2.29. The Labute approximate surface area is 122 Å². The van der Waals surface area contributed by atoms with Crippen LogP contribution in [0.1, 0.15) is 13.8 Å². The van der Waals surface area contributed by atoms with Gasteiger partial charge in [0.15, 0.2) is 11.6 Å². The third-order valence-electron chi connectivity index (χ3n) is 4.08. The molecule has 1 aromatic carbocycles. The predicted octanol–water partition coefficient (Wildman–Crippen LogP) is 1.98. The molecular formula is C15H18FN3O2. The number of β-amino-alcohol motifs (C(OH)–C–C–N with tert-alkyl or cyclic N) is 1. The zero-order valence-corrected chi connectivity index (χ0v) is 12.3. The Morgan fingerprint density at radius 2 is 2.14 bits per heavy atom. The van der Waals surface area contributed by atoms with Crippen LogP contribution >= 0.6 is 0 Å². The van der Waals surface area contributed by atoms with Gasteiger partial charge in [0.05, 0.1) is 18.7 Å². The molecule has 1 aromatic heterocycles. The van der Waals surface area contributed by atoms with Crippen LogP contribution in [0.2, 0.25) is 0 Å². The van der Waals surface area contributed by atoms with E-state index in [9.17, 15) is 9.50 Å². The molecule has 0 bridgehead atoms. The number of aliphatic hydroxyl groups is 1. The van der Waals surface area contributed by atoms with Gasteiger partial charge in [-0.15, -0.1) is 0 Å². The molecule has 112 valence electrons. The number of anilines is 1. The number of benzene rings is 1. The van der Waals surface area contributed by atoms with E-state index in [-0.39, 0.29) is 11.2 Å². The largest absolute Gasteiger partial charge is 0.494 e. The first-order chi connectivity index (χ1) is 9.92. The van der Waals surface area contributed by atoms with Crippen molar-refractivity contribution in [2.45, 2.75) is 20.0 Å². The van der Waals surface area contributed by atoms with Crippen LogP contribution in [-0.2, 0) is 0 Å². The van der Waals surface area contributed by atoms with E-state index in [0.717, 1.165) is 5.39 Å². The van der Waals surface area contributed by atoms with Gasteiger partial charge in [-0.05, 0) is 6.07 Å². The Kier molecular flexibility index (Phi) is 3.20. The molecule has 1 unspecified atom stereocenters. The molecule has 3 rings (SSSR count). The van der Waals surface area contributed by atoms with E-state index in [0.29, 0.717) is 24.4 Å². The van der Waals surface area contributed by atoms with Crippen molar-refractivity contribution in [1.29, 1.82) is 0 Å². The molecule has 1 saturated heterocycles. The Bertz CT molecular complexity index is 690. The lowest BCUT2D eigenvalue weighted by Gasteiger charge is -2.22. The highest BCUT2D eigenvalue weighted by molar-refractivity contribution is 5.90. The van der Waals surface area contributed by atoms with Gasteiger partial charge in [0.1, 0.15) is 12.1 Å². The first kappa shape index (κ1) is 14.0. The highest BCUT2D eigenvalue weighted by Gasteiger charge is 2.39. The normalized spacial score (nSPS) is 21.0. The molecule has 2 aromatic rings. The van der Waals surface area contributed by atoms with Crippen LogP contribution in [0.3, 0.4) is 0 Å². The second-order valence-electron chi connectivity index (χ2n) is 6.09. The molecule has 0 aliphatic carbocycles. The average Bonchev–Trinajstić information content (AvgIpc) is 2.71. The number of aromatic nitrogens is 2. The molecular weight excluding hydrogens is 273 g/mol. The van der Waals surface area contributed by atoms with Crippen LogP contribution < -0.4 is 9.64 Å². The molecule has 0 saturated carbocycles. The second kappa shape index (κ2) is 4.80. The number of methoxy groups -OCH3 is 1. The number of rotatable bonds is 2. The molecule has 0 spiro atoms. The number of fused-ring (bicyclic) bond motifs is 1. The van der Waals surface area contributed by atoms with Crippen molar-refractivity contribution >= 4 is 16.7 Å². The van der Waals surface area contributed by atoms with Crippen LogP contribution in [-0.4, -0.2) is 41.4 Å². The maximum Gasteiger partial charge on any atom is 0.167 e. The Hall–Kier alpha value is -1.95. The summed E-state index contributed by atoms with van der Waals surface area (Å²) < 4.78 is 18.8. The number of ether oxygens (including phenoxy) is 1. The maximum atomic E-state index is 13.8. The van der Waals surface area contributed by atoms with Crippen molar-refractivity contribution in [3.05, 3.63) is 24.3 Å². The van der Waals surface area contributed by atoms with E-state index in [4.69, 9.17) is 4.74 Å². The third-order valence-corrected chi connectivity index (χ3v) is 4.08. The second-order valence-corrected chi connectivity index (χ2v) is 6.09. The van der Waals surface area contributed by atoms with Gasteiger partial charge in [0, 0.05) is 30.0 Å². The standard InChI is InChI=1S/C15H18FN3O2/c1-15(2)7-19(6-13(15)20)14-9-4-12(21-3)10(16)5-11(9)17-8-18-14/h4-5,8,13,20H,6-7H2,1-3H3. The van der Waals surface area contributed by atoms with E-state index in [2.05, 4.69) is 9.97 Å². The fraction of sp³-hybridized carbons (Fsp3) is 0.467. The fourth-order valence-corrected chi connectivity index (χ4v) is 2.73. The van der Waals surface area contributed by atoms with Gasteiger partial charge < -0.3 is 14.7 Å². The number of aliphatic hydroxyl groups excluding tert-OH is 1. The van der Waals surface area contributed by atoms with Gasteiger partial charge in [-0.1, -0.05) is 13.8 Å². The van der Waals surface area contributed by atoms with E-state index in [1.165, 1.54) is 19.5 Å². The van der Waals surface area contributed by atoms with Gasteiger partial charge in [-0.3, -0.25) is 0 Å². The summed E-state index contributed by atoms with van der Waals surface area (Å²) in [6.45, 7) is 5.21. The monoisotopic (exact) mass is 291 g/mol. The summed E-state index contributed by atoms with van der Waals surface area (Å²) in [7, 11) is 1.43. The lowest BCUT2D eigenvalue weighted by atomic mass is 9.90. The van der Waals surface area contributed by atoms with Gasteiger partial charge in [-0.2, -0.15) is 0 Å². The molecule has 1 fully saturated rings. The van der Waals surface area contributed by atoms with E-state index in [1.807, 2.05) is 18.7 Å². The van der Waals surface area contributed by atoms with Crippen LogP contribution in [0.5, 0.6) is 5.75 Å². The number of nitrogens with zero attached hydrogens (tertiary/aromatic N) is 3.